The van der Waals surface area contributed by atoms with Gasteiger partial charge in [-0.15, -0.1) is 11.3 Å². The van der Waals surface area contributed by atoms with Crippen LogP contribution in [0.1, 0.15) is 18.7 Å². The highest BCUT2D eigenvalue weighted by Crippen LogP contribution is 2.38. The summed E-state index contributed by atoms with van der Waals surface area (Å²) >= 11 is 1.78. The zero-order valence-corrected chi connectivity index (χ0v) is 14.6. The first-order valence-electron chi connectivity index (χ1n) is 9.51. The fraction of sp³-hybridized carbons (Fsp3) is 0.136. The number of nitrogens with zero attached hydrogens (tertiary/aromatic N) is 1. The van der Waals surface area contributed by atoms with Crippen LogP contribution in [0.25, 0.3) is 43.3 Å². The maximum Gasteiger partial charge on any atom is 0.144 e. The van der Waals surface area contributed by atoms with Crippen LogP contribution in [0.3, 0.4) is 0 Å². The summed E-state index contributed by atoms with van der Waals surface area (Å²) in [4.78, 5) is 5.84. The summed E-state index contributed by atoms with van der Waals surface area (Å²) in [6.07, 6.45) is 1.71. The lowest BCUT2D eigenvalue weighted by molar-refractivity contribution is 0.670. The van der Waals surface area contributed by atoms with Gasteiger partial charge in [0.15, 0.2) is 0 Å². The Labute approximate surface area is 152 Å². The van der Waals surface area contributed by atoms with Crippen LogP contribution >= 0.6 is 11.3 Å². The van der Waals surface area contributed by atoms with Gasteiger partial charge in [0.2, 0.25) is 0 Å². The van der Waals surface area contributed by atoms with Crippen molar-refractivity contribution in [3.63, 3.8) is 0 Å². The van der Waals surface area contributed by atoms with E-state index in [0.717, 1.165) is 44.3 Å². The second kappa shape index (κ2) is 5.17. The molecule has 0 aliphatic carbocycles. The monoisotopic (exact) mass is 345 g/mol. The predicted octanol–water partition coefficient (Wildman–Crippen LogP) is 6.79. The van der Waals surface area contributed by atoms with Gasteiger partial charge in [-0.05, 0) is 67.6 Å². The lowest BCUT2D eigenvalue weighted by Gasteiger charge is -2.05. The van der Waals surface area contributed by atoms with E-state index in [9.17, 15) is 0 Å². The smallest absolute Gasteiger partial charge is 0.144 e. The molecule has 3 heteroatoms. The number of thiophene rings is 1. The van der Waals surface area contributed by atoms with E-state index in [1.54, 1.807) is 17.5 Å². The Bertz CT molecular complexity index is 1320. The third-order valence-corrected chi connectivity index (χ3v) is 5.63. The molecule has 0 unspecified atom stereocenters. The van der Waals surface area contributed by atoms with Gasteiger partial charge in [0, 0.05) is 34.9 Å². The third-order valence-electron chi connectivity index (χ3n) is 4.62. The van der Waals surface area contributed by atoms with Crippen LogP contribution in [0, 0.1) is 20.7 Å². The second-order valence-electron chi connectivity index (χ2n) is 6.37. The van der Waals surface area contributed by atoms with Gasteiger partial charge in [-0.1, -0.05) is 12.1 Å². The molecule has 0 saturated carbocycles. The molecular weight excluding hydrogens is 326 g/mol. The van der Waals surface area contributed by atoms with Crippen molar-refractivity contribution < 1.29 is 7.16 Å². The number of para-hydroxylation sites is 1. The number of aryl methyl sites for hydroxylation is 3. The van der Waals surface area contributed by atoms with Crippen LogP contribution in [-0.2, 0) is 0 Å². The minimum atomic E-state index is 0.145. The van der Waals surface area contributed by atoms with E-state index in [1.165, 1.54) is 15.0 Å². The molecule has 0 radical (unpaired) electrons. The summed E-state index contributed by atoms with van der Waals surface area (Å²) in [5.41, 5.74) is 5.07. The second-order valence-corrected chi connectivity index (χ2v) is 7.65. The van der Waals surface area contributed by atoms with Gasteiger partial charge in [0.1, 0.15) is 11.2 Å². The van der Waals surface area contributed by atoms with Crippen molar-refractivity contribution in [1.29, 1.82) is 0 Å². The Morgan fingerprint density at radius 1 is 1.04 bits per heavy atom. The highest BCUT2D eigenvalue weighted by atomic mass is 32.1. The molecule has 2 nitrogen and oxygen atoms in total. The lowest BCUT2D eigenvalue weighted by Crippen LogP contribution is -1.88. The highest BCUT2D eigenvalue weighted by Gasteiger charge is 2.14. The van der Waals surface area contributed by atoms with Crippen LogP contribution in [0.4, 0.5) is 0 Å². The average molecular weight is 345 g/mol. The van der Waals surface area contributed by atoms with Crippen molar-refractivity contribution in [2.45, 2.75) is 20.7 Å². The van der Waals surface area contributed by atoms with Gasteiger partial charge in [0.25, 0.3) is 0 Å². The molecule has 5 rings (SSSR count). The molecule has 0 N–H and O–H groups in total. The van der Waals surface area contributed by atoms with Crippen molar-refractivity contribution in [2.24, 2.45) is 0 Å². The first kappa shape index (κ1) is 12.7. The molecular formula is C22H17NOS. The zero-order chi connectivity index (χ0) is 18.5. The summed E-state index contributed by atoms with van der Waals surface area (Å²) in [6, 6.07) is 14.6. The number of hydrogen-bond acceptors (Lipinski definition) is 3. The minimum Gasteiger partial charge on any atom is -0.455 e. The van der Waals surface area contributed by atoms with Crippen molar-refractivity contribution in [3.8, 4) is 11.3 Å². The van der Waals surface area contributed by atoms with E-state index in [1.807, 2.05) is 18.2 Å². The van der Waals surface area contributed by atoms with Gasteiger partial charge in [-0.2, -0.15) is 0 Å². The SMILES string of the molecule is [2H]Cc1cnc(-c2cccc3c2oc2cc4sc(C)cc4cc23)cc1C[2H]. The van der Waals surface area contributed by atoms with Crippen LogP contribution in [0.15, 0.2) is 53.1 Å². The molecule has 0 aliphatic rings. The molecule has 0 aliphatic heterocycles. The quantitative estimate of drug-likeness (QED) is 0.334. The number of fused-ring (bicyclic) bond motifs is 4. The fourth-order valence-corrected chi connectivity index (χ4v) is 4.27. The van der Waals surface area contributed by atoms with Gasteiger partial charge in [-0.25, -0.2) is 0 Å². The predicted molar refractivity (Wildman–Crippen MR) is 107 cm³/mol. The molecule has 0 saturated heterocycles. The number of aromatic nitrogens is 1. The number of furan rings is 1. The van der Waals surface area contributed by atoms with Crippen LogP contribution < -0.4 is 0 Å². The number of hydrogen-bond donors (Lipinski definition) is 0. The molecule has 3 aromatic heterocycles. The van der Waals surface area contributed by atoms with E-state index in [0.29, 0.717) is 0 Å². The summed E-state index contributed by atoms with van der Waals surface area (Å²) < 4.78 is 22.8. The highest BCUT2D eigenvalue weighted by molar-refractivity contribution is 7.19. The van der Waals surface area contributed by atoms with Crippen molar-refractivity contribution in [1.82, 2.24) is 4.98 Å². The van der Waals surface area contributed by atoms with E-state index in [2.05, 4.69) is 36.2 Å². The number of benzene rings is 2. The number of rotatable bonds is 1. The maximum atomic E-state index is 7.75. The Balaban J connectivity index is 1.78. The summed E-state index contributed by atoms with van der Waals surface area (Å²) in [5.74, 6) is 0. The van der Waals surface area contributed by atoms with Gasteiger partial charge >= 0.3 is 0 Å². The van der Waals surface area contributed by atoms with Crippen molar-refractivity contribution in [3.05, 3.63) is 64.7 Å². The summed E-state index contributed by atoms with van der Waals surface area (Å²) in [7, 11) is 0. The van der Waals surface area contributed by atoms with Crippen LogP contribution in [-0.4, -0.2) is 4.98 Å². The third kappa shape index (κ3) is 2.19. The van der Waals surface area contributed by atoms with Crippen LogP contribution in [0.2, 0.25) is 0 Å². The van der Waals surface area contributed by atoms with E-state index in [4.69, 9.17) is 7.16 Å². The molecule has 0 amide bonds. The summed E-state index contributed by atoms with van der Waals surface area (Å²) in [5, 5.41) is 3.43. The molecule has 5 aromatic rings. The van der Waals surface area contributed by atoms with E-state index >= 15 is 0 Å². The molecule has 2 aromatic carbocycles. The van der Waals surface area contributed by atoms with Crippen LogP contribution in [0.5, 0.6) is 0 Å². The van der Waals surface area contributed by atoms with Gasteiger partial charge in [0.05, 0.1) is 5.69 Å². The largest absolute Gasteiger partial charge is 0.455 e. The van der Waals surface area contributed by atoms with E-state index < -0.39 is 0 Å². The maximum absolute atomic E-state index is 7.75. The normalized spacial score (nSPS) is 12.8. The molecule has 122 valence electrons. The average Bonchev–Trinajstić information content (AvgIpc) is 3.23. The lowest BCUT2D eigenvalue weighted by atomic mass is 10.0. The number of pyridine rings is 1. The summed E-state index contributed by atoms with van der Waals surface area (Å²) in [6.45, 7) is 2.42. The van der Waals surface area contributed by atoms with E-state index in [-0.39, 0.29) is 13.8 Å². The first-order valence-corrected chi connectivity index (χ1v) is 8.91. The standard InChI is InChI=1S/C22H17NOS/c1-12-7-19(23-11-13(12)2)17-6-4-5-16-18-9-15-8-14(3)25-21(15)10-20(18)24-22(16)17/h4-11H,1-3H3/i1D,2D. The Hall–Kier alpha value is -2.65. The van der Waals surface area contributed by atoms with Crippen molar-refractivity contribution in [2.75, 3.05) is 0 Å². The molecule has 0 spiro atoms. The Morgan fingerprint density at radius 2 is 1.96 bits per heavy atom. The van der Waals surface area contributed by atoms with Gasteiger partial charge < -0.3 is 4.42 Å². The molecule has 0 fully saturated rings. The first-order chi connectivity index (χ1) is 13.2. The molecule has 0 bridgehead atoms. The Kier molecular flexibility index (Phi) is 2.62. The molecule has 0 atom stereocenters. The van der Waals surface area contributed by atoms with Gasteiger partial charge in [-0.3, -0.25) is 4.98 Å². The topological polar surface area (TPSA) is 26.0 Å². The minimum absolute atomic E-state index is 0.145. The Morgan fingerprint density at radius 3 is 2.84 bits per heavy atom. The zero-order valence-electron chi connectivity index (χ0n) is 15.8. The molecule has 3 heterocycles. The van der Waals surface area contributed by atoms with Crippen molar-refractivity contribution >= 4 is 43.4 Å². The fourth-order valence-electron chi connectivity index (χ4n) is 3.34. The molecule has 25 heavy (non-hydrogen) atoms.